The molecule has 1 aromatic heterocycles. The van der Waals surface area contributed by atoms with Gasteiger partial charge in [0.25, 0.3) is 5.91 Å². The lowest BCUT2D eigenvalue weighted by atomic mass is 9.98. The summed E-state index contributed by atoms with van der Waals surface area (Å²) in [7, 11) is 0. The number of hydrogen-bond donors (Lipinski definition) is 1. The fourth-order valence-corrected chi connectivity index (χ4v) is 0.802. The summed E-state index contributed by atoms with van der Waals surface area (Å²) in [5.74, 6) is -0.990. The molecular weight excluding hydrogens is 208 g/mol. The predicted octanol–water partition coefficient (Wildman–Crippen LogP) is 1.32. The molecule has 1 amide bonds. The van der Waals surface area contributed by atoms with Crippen molar-refractivity contribution < 1.29 is 14.4 Å². The van der Waals surface area contributed by atoms with Crippen LogP contribution in [0.2, 0.25) is 0 Å². The van der Waals surface area contributed by atoms with Gasteiger partial charge in [0.1, 0.15) is 0 Å². The Balaban J connectivity index is 2.52. The molecule has 0 unspecified atom stereocenters. The van der Waals surface area contributed by atoms with Gasteiger partial charge in [-0.25, -0.2) is 4.79 Å². The van der Waals surface area contributed by atoms with Crippen molar-refractivity contribution in [1.29, 1.82) is 0 Å². The van der Waals surface area contributed by atoms with Gasteiger partial charge in [-0.3, -0.25) is 9.78 Å². The molecule has 5 heteroatoms. The van der Waals surface area contributed by atoms with Gasteiger partial charge in [-0.15, -0.1) is 0 Å². The van der Waals surface area contributed by atoms with E-state index >= 15 is 0 Å². The summed E-state index contributed by atoms with van der Waals surface area (Å²) in [5, 5.41) is 0. The summed E-state index contributed by atoms with van der Waals surface area (Å²) in [4.78, 5) is 31.2. The second-order valence-corrected chi connectivity index (χ2v) is 4.31. The molecule has 0 aliphatic heterocycles. The van der Waals surface area contributed by atoms with Crippen LogP contribution in [0.3, 0.4) is 0 Å². The van der Waals surface area contributed by atoms with Crippen LogP contribution in [0.4, 0.5) is 0 Å². The summed E-state index contributed by atoms with van der Waals surface area (Å²) in [6.07, 6.45) is 2.94. The lowest BCUT2D eigenvalue weighted by Crippen LogP contribution is -2.33. The summed E-state index contributed by atoms with van der Waals surface area (Å²) < 4.78 is 0. The highest BCUT2D eigenvalue weighted by Gasteiger charge is 2.24. The van der Waals surface area contributed by atoms with Gasteiger partial charge in [0.2, 0.25) is 0 Å². The van der Waals surface area contributed by atoms with E-state index < -0.39 is 17.3 Å². The van der Waals surface area contributed by atoms with Gasteiger partial charge >= 0.3 is 5.97 Å². The number of carbonyl (C=O) groups is 2. The van der Waals surface area contributed by atoms with Gasteiger partial charge in [0.05, 0.1) is 11.0 Å². The van der Waals surface area contributed by atoms with Crippen LogP contribution in [-0.4, -0.2) is 16.9 Å². The highest BCUT2D eigenvalue weighted by atomic mass is 16.7. The maximum absolute atomic E-state index is 11.4. The van der Waals surface area contributed by atoms with Gasteiger partial charge < -0.3 is 4.84 Å². The summed E-state index contributed by atoms with van der Waals surface area (Å²) >= 11 is 0. The molecule has 0 spiro atoms. The van der Waals surface area contributed by atoms with Crippen LogP contribution in [0.25, 0.3) is 0 Å². The molecular formula is C11H14N2O3. The number of hydrogen-bond acceptors (Lipinski definition) is 4. The third kappa shape index (κ3) is 3.34. The largest absolute Gasteiger partial charge is 0.340 e. The zero-order chi connectivity index (χ0) is 12.2. The second kappa shape index (κ2) is 4.74. The topological polar surface area (TPSA) is 68.3 Å². The highest BCUT2D eigenvalue weighted by Crippen LogP contribution is 2.14. The lowest BCUT2D eigenvalue weighted by Gasteiger charge is -2.15. The highest BCUT2D eigenvalue weighted by molar-refractivity contribution is 5.93. The number of aromatic nitrogens is 1. The number of pyridine rings is 1. The Bertz CT molecular complexity index is 382. The SMILES string of the molecule is CC(C)(C)C(=O)ONC(=O)c1cccnc1. The molecule has 1 aromatic rings. The van der Waals surface area contributed by atoms with Gasteiger partial charge in [0, 0.05) is 12.4 Å². The quantitative estimate of drug-likeness (QED) is 0.727. The van der Waals surface area contributed by atoms with E-state index in [2.05, 4.69) is 15.3 Å². The molecule has 86 valence electrons. The van der Waals surface area contributed by atoms with Crippen molar-refractivity contribution in [2.24, 2.45) is 5.41 Å². The van der Waals surface area contributed by atoms with Gasteiger partial charge in [-0.05, 0) is 32.9 Å². The van der Waals surface area contributed by atoms with Crippen LogP contribution in [0.1, 0.15) is 31.1 Å². The van der Waals surface area contributed by atoms with Crippen molar-refractivity contribution in [3.05, 3.63) is 30.1 Å². The Kier molecular flexibility index (Phi) is 3.60. The van der Waals surface area contributed by atoms with Crippen LogP contribution in [0, 0.1) is 5.41 Å². The number of carbonyl (C=O) groups excluding carboxylic acids is 2. The van der Waals surface area contributed by atoms with Crippen molar-refractivity contribution >= 4 is 11.9 Å². The van der Waals surface area contributed by atoms with Crippen molar-refractivity contribution in [1.82, 2.24) is 10.5 Å². The molecule has 0 saturated carbocycles. The van der Waals surface area contributed by atoms with Gasteiger partial charge in [-0.1, -0.05) is 0 Å². The second-order valence-electron chi connectivity index (χ2n) is 4.31. The van der Waals surface area contributed by atoms with Crippen LogP contribution in [-0.2, 0) is 9.63 Å². The Morgan fingerprint density at radius 1 is 1.38 bits per heavy atom. The fourth-order valence-electron chi connectivity index (χ4n) is 0.802. The average molecular weight is 222 g/mol. The van der Waals surface area contributed by atoms with Gasteiger partial charge in [0.15, 0.2) is 0 Å². The maximum Gasteiger partial charge on any atom is 0.337 e. The van der Waals surface area contributed by atoms with Crippen molar-refractivity contribution in [3.8, 4) is 0 Å². The number of rotatable bonds is 1. The lowest BCUT2D eigenvalue weighted by molar-refractivity contribution is -0.158. The Hall–Kier alpha value is -1.91. The minimum absolute atomic E-state index is 0.337. The third-order valence-electron chi connectivity index (χ3n) is 1.77. The molecule has 0 aliphatic rings. The van der Waals surface area contributed by atoms with Crippen molar-refractivity contribution in [2.75, 3.05) is 0 Å². The molecule has 0 atom stereocenters. The normalized spacial score (nSPS) is 10.7. The smallest absolute Gasteiger partial charge is 0.337 e. The van der Waals surface area contributed by atoms with E-state index in [-0.39, 0.29) is 0 Å². The van der Waals surface area contributed by atoms with E-state index in [1.165, 1.54) is 6.20 Å². The van der Waals surface area contributed by atoms with Crippen molar-refractivity contribution in [2.45, 2.75) is 20.8 Å². The van der Waals surface area contributed by atoms with E-state index in [4.69, 9.17) is 0 Å². The zero-order valence-electron chi connectivity index (χ0n) is 9.48. The fraction of sp³-hybridized carbons (Fsp3) is 0.364. The molecule has 0 aromatic carbocycles. The minimum Gasteiger partial charge on any atom is -0.340 e. The number of nitrogens with one attached hydrogen (secondary N) is 1. The number of amides is 1. The predicted molar refractivity (Wildman–Crippen MR) is 57.3 cm³/mol. The summed E-state index contributed by atoms with van der Waals surface area (Å²) in [5.41, 5.74) is 1.76. The molecule has 5 nitrogen and oxygen atoms in total. The van der Waals surface area contributed by atoms with Crippen LogP contribution < -0.4 is 5.48 Å². The first-order chi connectivity index (χ1) is 7.41. The first-order valence-electron chi connectivity index (χ1n) is 4.83. The first-order valence-corrected chi connectivity index (χ1v) is 4.83. The third-order valence-corrected chi connectivity index (χ3v) is 1.77. The van der Waals surface area contributed by atoms with E-state index in [1.54, 1.807) is 39.1 Å². The van der Waals surface area contributed by atoms with Gasteiger partial charge in [-0.2, -0.15) is 5.48 Å². The number of hydroxylamine groups is 1. The van der Waals surface area contributed by atoms with Crippen molar-refractivity contribution in [3.63, 3.8) is 0 Å². The average Bonchev–Trinajstić information content (AvgIpc) is 2.25. The molecule has 1 heterocycles. The zero-order valence-corrected chi connectivity index (χ0v) is 9.48. The first kappa shape index (κ1) is 12.2. The summed E-state index contributed by atoms with van der Waals surface area (Å²) in [6.45, 7) is 5.10. The molecule has 1 N–H and O–H groups in total. The molecule has 1 rings (SSSR count). The monoisotopic (exact) mass is 222 g/mol. The van der Waals surface area contributed by atoms with E-state index in [1.807, 2.05) is 0 Å². The molecule has 0 radical (unpaired) electrons. The standard InChI is InChI=1S/C11H14N2O3/c1-11(2,3)10(15)16-13-9(14)8-5-4-6-12-7-8/h4-7H,1-3H3,(H,13,14). The Labute approximate surface area is 93.8 Å². The summed E-state index contributed by atoms with van der Waals surface area (Å²) in [6, 6.07) is 3.20. The Morgan fingerprint density at radius 2 is 2.06 bits per heavy atom. The molecule has 0 bridgehead atoms. The molecule has 16 heavy (non-hydrogen) atoms. The molecule has 0 saturated heterocycles. The van der Waals surface area contributed by atoms with E-state index in [0.29, 0.717) is 5.56 Å². The van der Waals surface area contributed by atoms with E-state index in [9.17, 15) is 9.59 Å². The van der Waals surface area contributed by atoms with E-state index in [0.717, 1.165) is 0 Å². The Morgan fingerprint density at radius 3 is 2.56 bits per heavy atom. The molecule has 0 fully saturated rings. The van der Waals surface area contributed by atoms with Crippen LogP contribution in [0.5, 0.6) is 0 Å². The maximum atomic E-state index is 11.4. The number of nitrogens with zero attached hydrogens (tertiary/aromatic N) is 1. The van der Waals surface area contributed by atoms with Crippen LogP contribution in [0.15, 0.2) is 24.5 Å². The minimum atomic E-state index is -0.651. The van der Waals surface area contributed by atoms with Crippen LogP contribution >= 0.6 is 0 Å². The molecule has 0 aliphatic carbocycles.